The summed E-state index contributed by atoms with van der Waals surface area (Å²) in [6, 6.07) is 0.684. The molecule has 0 unspecified atom stereocenters. The minimum absolute atomic E-state index is 0.0265. The van der Waals surface area contributed by atoms with Crippen molar-refractivity contribution < 1.29 is 9.53 Å². The Morgan fingerprint density at radius 1 is 1.25 bits per heavy atom. The number of amides is 1. The number of nitrogens with one attached hydrogen (secondary N) is 1. The molecule has 2 fully saturated rings. The van der Waals surface area contributed by atoms with Gasteiger partial charge in [-0.2, -0.15) is 0 Å². The van der Waals surface area contributed by atoms with Crippen LogP contribution in [-0.4, -0.2) is 67.3 Å². The fourth-order valence-corrected chi connectivity index (χ4v) is 2.08. The summed E-state index contributed by atoms with van der Waals surface area (Å²) in [5, 5.41) is 3.27. The van der Waals surface area contributed by atoms with Gasteiger partial charge in [-0.25, -0.2) is 4.79 Å². The fourth-order valence-electron chi connectivity index (χ4n) is 2.08. The van der Waals surface area contributed by atoms with Crippen LogP contribution in [0.2, 0.25) is 0 Å². The van der Waals surface area contributed by atoms with Crippen molar-refractivity contribution in [2.24, 2.45) is 0 Å². The van der Waals surface area contributed by atoms with Crippen molar-refractivity contribution in [1.82, 2.24) is 15.1 Å². The van der Waals surface area contributed by atoms with E-state index >= 15 is 0 Å². The summed E-state index contributed by atoms with van der Waals surface area (Å²) >= 11 is 0. The molecule has 0 bridgehead atoms. The lowest BCUT2D eigenvalue weighted by Crippen LogP contribution is -2.62. The Bertz CT molecular complexity index is 246. The average Bonchev–Trinajstić information content (AvgIpc) is 2.15. The van der Waals surface area contributed by atoms with E-state index in [1.807, 2.05) is 18.7 Å². The first-order valence-electron chi connectivity index (χ1n) is 6.07. The van der Waals surface area contributed by atoms with E-state index in [2.05, 4.69) is 10.2 Å². The lowest BCUT2D eigenvalue weighted by molar-refractivity contribution is 0.0404. The quantitative estimate of drug-likeness (QED) is 0.728. The molecular weight excluding hydrogens is 206 g/mol. The van der Waals surface area contributed by atoms with Gasteiger partial charge in [0.05, 0.1) is 6.10 Å². The molecule has 0 atom stereocenters. The number of hydrogen-bond donors (Lipinski definition) is 1. The Morgan fingerprint density at radius 3 is 2.31 bits per heavy atom. The lowest BCUT2D eigenvalue weighted by atomic mass is 10.1. The van der Waals surface area contributed by atoms with Crippen molar-refractivity contribution in [2.75, 3.05) is 39.3 Å². The third-order valence-electron chi connectivity index (χ3n) is 3.19. The highest BCUT2D eigenvalue weighted by atomic mass is 16.6. The zero-order valence-corrected chi connectivity index (χ0v) is 10.1. The van der Waals surface area contributed by atoms with Crippen molar-refractivity contribution in [3.8, 4) is 0 Å². The normalized spacial score (nSPS) is 23.3. The van der Waals surface area contributed by atoms with Crippen LogP contribution in [0.15, 0.2) is 0 Å². The maximum atomic E-state index is 11.6. The summed E-state index contributed by atoms with van der Waals surface area (Å²) in [6.45, 7) is 9.48. The van der Waals surface area contributed by atoms with E-state index in [0.29, 0.717) is 6.04 Å². The van der Waals surface area contributed by atoms with Gasteiger partial charge >= 0.3 is 6.09 Å². The van der Waals surface area contributed by atoms with Crippen molar-refractivity contribution in [3.05, 3.63) is 0 Å². The van der Waals surface area contributed by atoms with Gasteiger partial charge in [0.2, 0.25) is 0 Å². The summed E-state index contributed by atoms with van der Waals surface area (Å²) in [6.07, 6.45) is -0.192. The Labute approximate surface area is 96.7 Å². The second-order valence-corrected chi connectivity index (χ2v) is 4.77. The highest BCUT2D eigenvalue weighted by Gasteiger charge is 2.29. The first-order chi connectivity index (χ1) is 7.66. The van der Waals surface area contributed by atoms with Crippen LogP contribution in [0.3, 0.4) is 0 Å². The van der Waals surface area contributed by atoms with Crippen molar-refractivity contribution in [3.63, 3.8) is 0 Å². The van der Waals surface area contributed by atoms with E-state index in [1.54, 1.807) is 0 Å². The predicted molar refractivity (Wildman–Crippen MR) is 61.4 cm³/mol. The first kappa shape index (κ1) is 11.7. The minimum atomic E-state index is -0.165. The van der Waals surface area contributed by atoms with E-state index in [-0.39, 0.29) is 12.2 Å². The van der Waals surface area contributed by atoms with Gasteiger partial charge in [0.1, 0.15) is 0 Å². The molecule has 2 heterocycles. The fraction of sp³-hybridized carbons (Fsp3) is 0.909. The molecule has 16 heavy (non-hydrogen) atoms. The zero-order chi connectivity index (χ0) is 11.5. The van der Waals surface area contributed by atoms with Crippen molar-refractivity contribution in [1.29, 1.82) is 0 Å². The molecule has 5 nitrogen and oxygen atoms in total. The molecule has 0 saturated carbocycles. The summed E-state index contributed by atoms with van der Waals surface area (Å²) in [7, 11) is 0. The highest BCUT2D eigenvalue weighted by molar-refractivity contribution is 5.67. The van der Waals surface area contributed by atoms with Gasteiger partial charge in [-0.05, 0) is 13.8 Å². The number of carbonyl (C=O) groups excluding carboxylic acids is 1. The third-order valence-corrected chi connectivity index (χ3v) is 3.19. The van der Waals surface area contributed by atoms with Crippen LogP contribution in [0.1, 0.15) is 13.8 Å². The number of piperazine rings is 1. The topological polar surface area (TPSA) is 44.8 Å². The number of hydrogen-bond acceptors (Lipinski definition) is 4. The maximum Gasteiger partial charge on any atom is 0.410 e. The number of rotatable bonds is 2. The Balaban J connectivity index is 1.73. The van der Waals surface area contributed by atoms with Crippen LogP contribution in [0.5, 0.6) is 0 Å². The Kier molecular flexibility index (Phi) is 3.66. The molecule has 0 aromatic heterocycles. The standard InChI is InChI=1S/C11H21N3O2/c1-9(2)16-11(15)14-5-3-13(4-6-14)10-7-12-8-10/h9-10,12H,3-8H2,1-2H3. The number of nitrogens with zero attached hydrogens (tertiary/aromatic N) is 2. The van der Waals surface area contributed by atoms with Gasteiger partial charge in [0, 0.05) is 45.3 Å². The molecule has 0 radical (unpaired) electrons. The number of carbonyl (C=O) groups is 1. The Hall–Kier alpha value is -0.810. The van der Waals surface area contributed by atoms with Crippen LogP contribution >= 0.6 is 0 Å². The van der Waals surface area contributed by atoms with E-state index in [0.717, 1.165) is 39.3 Å². The molecule has 5 heteroatoms. The van der Waals surface area contributed by atoms with Crippen LogP contribution in [0, 0.1) is 0 Å². The molecule has 2 rings (SSSR count). The minimum Gasteiger partial charge on any atom is -0.447 e. The summed E-state index contributed by atoms with van der Waals surface area (Å²) in [5.74, 6) is 0. The Morgan fingerprint density at radius 2 is 1.88 bits per heavy atom. The molecule has 2 aliphatic rings. The van der Waals surface area contributed by atoms with Gasteiger partial charge in [-0.1, -0.05) is 0 Å². The smallest absolute Gasteiger partial charge is 0.410 e. The highest BCUT2D eigenvalue weighted by Crippen LogP contribution is 2.10. The lowest BCUT2D eigenvalue weighted by Gasteiger charge is -2.42. The summed E-state index contributed by atoms with van der Waals surface area (Å²) < 4.78 is 5.18. The van der Waals surface area contributed by atoms with Gasteiger partial charge in [-0.3, -0.25) is 4.90 Å². The van der Waals surface area contributed by atoms with Crippen LogP contribution in [0.4, 0.5) is 4.79 Å². The van der Waals surface area contributed by atoms with Crippen molar-refractivity contribution in [2.45, 2.75) is 26.0 Å². The van der Waals surface area contributed by atoms with Gasteiger partial charge in [0.15, 0.2) is 0 Å². The molecule has 2 aliphatic heterocycles. The van der Waals surface area contributed by atoms with Crippen molar-refractivity contribution >= 4 is 6.09 Å². The molecule has 0 aromatic rings. The summed E-state index contributed by atoms with van der Waals surface area (Å²) in [5.41, 5.74) is 0. The predicted octanol–water partition coefficient (Wildman–Crippen LogP) is 0.121. The molecule has 0 spiro atoms. The van der Waals surface area contributed by atoms with Crippen LogP contribution < -0.4 is 5.32 Å². The molecule has 1 amide bonds. The zero-order valence-electron chi connectivity index (χ0n) is 10.1. The molecular formula is C11H21N3O2. The molecule has 0 aliphatic carbocycles. The first-order valence-corrected chi connectivity index (χ1v) is 6.07. The van der Waals surface area contributed by atoms with E-state index in [9.17, 15) is 4.79 Å². The van der Waals surface area contributed by atoms with Crippen LogP contribution in [0.25, 0.3) is 0 Å². The average molecular weight is 227 g/mol. The third kappa shape index (κ3) is 2.65. The SMILES string of the molecule is CC(C)OC(=O)N1CCN(C2CNC2)CC1. The van der Waals surface area contributed by atoms with Gasteiger partial charge in [-0.15, -0.1) is 0 Å². The molecule has 2 saturated heterocycles. The second-order valence-electron chi connectivity index (χ2n) is 4.77. The largest absolute Gasteiger partial charge is 0.447 e. The van der Waals surface area contributed by atoms with E-state index < -0.39 is 0 Å². The van der Waals surface area contributed by atoms with E-state index in [1.165, 1.54) is 0 Å². The van der Waals surface area contributed by atoms with Gasteiger partial charge < -0.3 is 15.0 Å². The number of ether oxygens (including phenoxy) is 1. The van der Waals surface area contributed by atoms with Gasteiger partial charge in [0.25, 0.3) is 0 Å². The second kappa shape index (κ2) is 5.01. The maximum absolute atomic E-state index is 11.6. The monoisotopic (exact) mass is 227 g/mol. The molecule has 1 N–H and O–H groups in total. The van der Waals surface area contributed by atoms with E-state index in [4.69, 9.17) is 4.74 Å². The summed E-state index contributed by atoms with van der Waals surface area (Å²) in [4.78, 5) is 15.9. The molecule has 0 aromatic carbocycles. The molecule has 92 valence electrons. The van der Waals surface area contributed by atoms with Crippen LogP contribution in [-0.2, 0) is 4.74 Å².